The lowest BCUT2D eigenvalue weighted by molar-refractivity contribution is 0.261. The molecule has 0 aliphatic heterocycles. The van der Waals surface area contributed by atoms with Crippen molar-refractivity contribution < 1.29 is 0 Å². The van der Waals surface area contributed by atoms with Gasteiger partial charge in [0.05, 0.1) is 0 Å². The fourth-order valence-electron chi connectivity index (χ4n) is 3.60. The first kappa shape index (κ1) is 14.6. The van der Waals surface area contributed by atoms with Gasteiger partial charge < -0.3 is 5.32 Å². The first-order valence-corrected chi connectivity index (χ1v) is 7.99. The van der Waals surface area contributed by atoms with Gasteiger partial charge in [-0.3, -0.25) is 0 Å². The summed E-state index contributed by atoms with van der Waals surface area (Å²) in [6, 6.07) is 7.59. The highest BCUT2D eigenvalue weighted by molar-refractivity contribution is 5.28. The van der Waals surface area contributed by atoms with Gasteiger partial charge in [0.15, 0.2) is 0 Å². The number of hydrogen-bond acceptors (Lipinski definition) is 1. The van der Waals surface area contributed by atoms with Crippen LogP contribution >= 0.6 is 0 Å². The second-order valence-electron chi connectivity index (χ2n) is 6.29. The van der Waals surface area contributed by atoms with Crippen LogP contribution in [0.15, 0.2) is 18.2 Å². The highest BCUT2D eigenvalue weighted by atomic mass is 14.9. The van der Waals surface area contributed by atoms with E-state index in [1.54, 1.807) is 0 Å². The van der Waals surface area contributed by atoms with E-state index in [-0.39, 0.29) is 0 Å². The van der Waals surface area contributed by atoms with E-state index in [1.165, 1.54) is 55.2 Å². The Labute approximate surface area is 118 Å². The van der Waals surface area contributed by atoms with Gasteiger partial charge in [-0.15, -0.1) is 0 Å². The van der Waals surface area contributed by atoms with Crippen molar-refractivity contribution in [2.24, 2.45) is 5.92 Å². The minimum absolute atomic E-state index is 0.709. The van der Waals surface area contributed by atoms with E-state index in [2.05, 4.69) is 44.3 Å². The predicted molar refractivity (Wildman–Crippen MR) is 83.4 cm³/mol. The smallest absolute Gasteiger partial charge is 0.0208 e. The van der Waals surface area contributed by atoms with Gasteiger partial charge in [-0.05, 0) is 44.6 Å². The molecule has 0 spiro atoms. The van der Waals surface area contributed by atoms with Gasteiger partial charge in [0.25, 0.3) is 0 Å². The predicted octanol–water partition coefficient (Wildman–Crippen LogP) is 4.75. The highest BCUT2D eigenvalue weighted by Crippen LogP contribution is 2.27. The first-order valence-electron chi connectivity index (χ1n) is 7.99. The quantitative estimate of drug-likeness (QED) is 0.804. The van der Waals surface area contributed by atoms with E-state index in [0.717, 1.165) is 12.5 Å². The standard InChI is InChI=1S/C18H29N/c1-4-18(17-8-6-5-7-9-17)19-13-16-11-14(2)10-15(3)12-16/h10-12,17-19H,4-9,13H2,1-3H3. The lowest BCUT2D eigenvalue weighted by Crippen LogP contribution is -2.36. The van der Waals surface area contributed by atoms with Crippen molar-refractivity contribution in [2.75, 3.05) is 0 Å². The zero-order valence-corrected chi connectivity index (χ0v) is 12.8. The second-order valence-corrected chi connectivity index (χ2v) is 6.29. The molecule has 1 nitrogen and oxygen atoms in total. The van der Waals surface area contributed by atoms with Crippen LogP contribution in [0.5, 0.6) is 0 Å². The Hall–Kier alpha value is -0.820. The highest BCUT2D eigenvalue weighted by Gasteiger charge is 2.21. The average Bonchev–Trinajstić information content (AvgIpc) is 2.39. The van der Waals surface area contributed by atoms with E-state index in [1.807, 2.05) is 0 Å². The molecule has 1 aliphatic carbocycles. The van der Waals surface area contributed by atoms with Crippen LogP contribution in [0.1, 0.15) is 62.1 Å². The second kappa shape index (κ2) is 7.09. The molecule has 1 heteroatoms. The molecule has 0 saturated heterocycles. The molecule has 0 heterocycles. The first-order chi connectivity index (χ1) is 9.19. The van der Waals surface area contributed by atoms with Gasteiger partial charge in [0.1, 0.15) is 0 Å². The van der Waals surface area contributed by atoms with Crippen molar-refractivity contribution in [3.8, 4) is 0 Å². The summed E-state index contributed by atoms with van der Waals surface area (Å²) >= 11 is 0. The lowest BCUT2D eigenvalue weighted by atomic mass is 9.83. The summed E-state index contributed by atoms with van der Waals surface area (Å²) in [7, 11) is 0. The fourth-order valence-corrected chi connectivity index (χ4v) is 3.60. The molecular weight excluding hydrogens is 230 g/mol. The number of aryl methyl sites for hydroxylation is 2. The molecule has 1 aromatic carbocycles. The van der Waals surface area contributed by atoms with Crippen molar-refractivity contribution >= 4 is 0 Å². The van der Waals surface area contributed by atoms with E-state index in [4.69, 9.17) is 0 Å². The van der Waals surface area contributed by atoms with Crippen molar-refractivity contribution in [2.45, 2.75) is 71.9 Å². The SMILES string of the molecule is CCC(NCc1cc(C)cc(C)c1)C1CCCCC1. The molecule has 0 radical (unpaired) electrons. The molecule has 1 N–H and O–H groups in total. The number of benzene rings is 1. The molecule has 1 aliphatic rings. The zero-order chi connectivity index (χ0) is 13.7. The molecule has 1 atom stereocenters. The molecule has 1 unspecified atom stereocenters. The van der Waals surface area contributed by atoms with Crippen molar-refractivity contribution in [1.82, 2.24) is 5.32 Å². The maximum atomic E-state index is 3.81. The molecular formula is C18H29N. The van der Waals surface area contributed by atoms with E-state index in [9.17, 15) is 0 Å². The molecule has 0 bridgehead atoms. The third-order valence-corrected chi connectivity index (χ3v) is 4.51. The summed E-state index contributed by atoms with van der Waals surface area (Å²) in [5.41, 5.74) is 4.19. The minimum Gasteiger partial charge on any atom is -0.310 e. The fraction of sp³-hybridized carbons (Fsp3) is 0.667. The molecule has 1 aromatic rings. The number of rotatable bonds is 5. The van der Waals surface area contributed by atoms with Crippen LogP contribution in [0.3, 0.4) is 0 Å². The maximum Gasteiger partial charge on any atom is 0.0208 e. The monoisotopic (exact) mass is 259 g/mol. The van der Waals surface area contributed by atoms with Crippen LogP contribution < -0.4 is 5.32 Å². The molecule has 1 fully saturated rings. The Morgan fingerprint density at radius 3 is 2.26 bits per heavy atom. The number of hydrogen-bond donors (Lipinski definition) is 1. The Kier molecular flexibility index (Phi) is 5.45. The van der Waals surface area contributed by atoms with E-state index >= 15 is 0 Å². The summed E-state index contributed by atoms with van der Waals surface area (Å²) in [6.07, 6.45) is 8.44. The van der Waals surface area contributed by atoms with E-state index < -0.39 is 0 Å². The van der Waals surface area contributed by atoms with Crippen LogP contribution in [-0.4, -0.2) is 6.04 Å². The topological polar surface area (TPSA) is 12.0 Å². The lowest BCUT2D eigenvalue weighted by Gasteiger charge is -2.30. The van der Waals surface area contributed by atoms with Gasteiger partial charge >= 0.3 is 0 Å². The van der Waals surface area contributed by atoms with Crippen molar-refractivity contribution in [3.05, 3.63) is 34.9 Å². The van der Waals surface area contributed by atoms with Crippen LogP contribution in [0.2, 0.25) is 0 Å². The van der Waals surface area contributed by atoms with Gasteiger partial charge in [-0.1, -0.05) is 55.5 Å². The molecule has 0 amide bonds. The Bertz CT molecular complexity index is 370. The third kappa shape index (κ3) is 4.35. The largest absolute Gasteiger partial charge is 0.310 e. The average molecular weight is 259 g/mol. The van der Waals surface area contributed by atoms with Gasteiger partial charge in [-0.2, -0.15) is 0 Å². The van der Waals surface area contributed by atoms with Crippen LogP contribution in [-0.2, 0) is 6.54 Å². The Balaban J connectivity index is 1.91. The van der Waals surface area contributed by atoms with Gasteiger partial charge in [-0.25, -0.2) is 0 Å². The van der Waals surface area contributed by atoms with Crippen molar-refractivity contribution in [1.29, 1.82) is 0 Å². The minimum atomic E-state index is 0.709. The molecule has 106 valence electrons. The summed E-state index contributed by atoms with van der Waals surface area (Å²) in [5.74, 6) is 0.907. The van der Waals surface area contributed by atoms with Gasteiger partial charge in [0, 0.05) is 12.6 Å². The number of nitrogens with one attached hydrogen (secondary N) is 1. The molecule has 0 aromatic heterocycles. The zero-order valence-electron chi connectivity index (χ0n) is 12.8. The van der Waals surface area contributed by atoms with Crippen LogP contribution in [0.25, 0.3) is 0 Å². The van der Waals surface area contributed by atoms with Crippen LogP contribution in [0.4, 0.5) is 0 Å². The van der Waals surface area contributed by atoms with E-state index in [0.29, 0.717) is 6.04 Å². The molecule has 2 rings (SSSR count). The normalized spacial score (nSPS) is 18.5. The summed E-state index contributed by atoms with van der Waals surface area (Å²) in [5, 5.41) is 3.81. The third-order valence-electron chi connectivity index (χ3n) is 4.51. The Morgan fingerprint density at radius 1 is 1.05 bits per heavy atom. The Morgan fingerprint density at radius 2 is 1.68 bits per heavy atom. The summed E-state index contributed by atoms with van der Waals surface area (Å²) in [4.78, 5) is 0. The molecule has 19 heavy (non-hydrogen) atoms. The summed E-state index contributed by atoms with van der Waals surface area (Å²) in [6.45, 7) is 7.73. The molecule has 1 saturated carbocycles. The van der Waals surface area contributed by atoms with Gasteiger partial charge in [0.2, 0.25) is 0 Å². The van der Waals surface area contributed by atoms with Crippen molar-refractivity contribution in [3.63, 3.8) is 0 Å². The summed E-state index contributed by atoms with van der Waals surface area (Å²) < 4.78 is 0. The van der Waals surface area contributed by atoms with Crippen LogP contribution in [0, 0.1) is 19.8 Å². The maximum absolute atomic E-state index is 3.81.